The molecular formula is C24H32N6O3. The Morgan fingerprint density at radius 3 is 2.61 bits per heavy atom. The van der Waals surface area contributed by atoms with E-state index in [9.17, 15) is 4.79 Å². The van der Waals surface area contributed by atoms with Crippen LogP contribution < -0.4 is 14.8 Å². The molecule has 176 valence electrons. The van der Waals surface area contributed by atoms with E-state index >= 15 is 0 Å². The molecule has 0 saturated heterocycles. The molecule has 9 heteroatoms. The number of benzene rings is 1. The van der Waals surface area contributed by atoms with E-state index in [2.05, 4.69) is 39.1 Å². The summed E-state index contributed by atoms with van der Waals surface area (Å²) >= 11 is 0. The lowest BCUT2D eigenvalue weighted by Gasteiger charge is -2.28. The van der Waals surface area contributed by atoms with Gasteiger partial charge in [0.25, 0.3) is 11.9 Å². The van der Waals surface area contributed by atoms with Crippen LogP contribution in [0.1, 0.15) is 29.9 Å². The summed E-state index contributed by atoms with van der Waals surface area (Å²) in [6.45, 7) is 7.48. The molecule has 0 radical (unpaired) electrons. The van der Waals surface area contributed by atoms with E-state index in [1.165, 1.54) is 0 Å². The maximum Gasteiger partial charge on any atom is 0.254 e. The molecule has 0 aliphatic heterocycles. The highest BCUT2D eigenvalue weighted by Crippen LogP contribution is 2.32. The lowest BCUT2D eigenvalue weighted by Crippen LogP contribution is -2.40. The summed E-state index contributed by atoms with van der Waals surface area (Å²) in [6.07, 6.45) is 3.20. The predicted molar refractivity (Wildman–Crippen MR) is 127 cm³/mol. The molecular weight excluding hydrogens is 420 g/mol. The Kier molecular flexibility index (Phi) is 7.33. The van der Waals surface area contributed by atoms with Crippen LogP contribution in [0, 0.1) is 12.3 Å². The zero-order chi connectivity index (χ0) is 24.2. The molecule has 1 amide bonds. The van der Waals surface area contributed by atoms with Crippen LogP contribution in [0.5, 0.6) is 11.5 Å². The van der Waals surface area contributed by atoms with E-state index in [4.69, 9.17) is 9.47 Å². The monoisotopic (exact) mass is 452 g/mol. The first kappa shape index (κ1) is 24.2. The molecule has 0 fully saturated rings. The summed E-state index contributed by atoms with van der Waals surface area (Å²) in [5.41, 5.74) is 2.51. The molecule has 3 rings (SSSR count). The van der Waals surface area contributed by atoms with Gasteiger partial charge in [-0.25, -0.2) is 14.6 Å². The molecule has 0 aliphatic carbocycles. The van der Waals surface area contributed by atoms with Crippen molar-refractivity contribution in [1.82, 2.24) is 30.0 Å². The van der Waals surface area contributed by atoms with Crippen LogP contribution >= 0.6 is 0 Å². The number of aromatic nitrogens is 4. The number of methoxy groups -OCH3 is 2. The number of rotatable bonds is 9. The second-order valence-electron chi connectivity index (χ2n) is 8.95. The zero-order valence-electron chi connectivity index (χ0n) is 20.3. The molecule has 0 saturated carbocycles. The second kappa shape index (κ2) is 9.99. The molecule has 2 aromatic heterocycles. The molecule has 1 N–H and O–H groups in total. The van der Waals surface area contributed by atoms with E-state index in [-0.39, 0.29) is 11.3 Å². The summed E-state index contributed by atoms with van der Waals surface area (Å²) < 4.78 is 12.4. The molecule has 2 heterocycles. The van der Waals surface area contributed by atoms with E-state index in [1.54, 1.807) is 37.4 Å². The second-order valence-corrected chi connectivity index (χ2v) is 8.95. The van der Waals surface area contributed by atoms with Crippen molar-refractivity contribution in [2.45, 2.75) is 20.8 Å². The molecule has 0 unspecified atom stereocenters. The molecule has 9 nitrogen and oxygen atoms in total. The number of nitrogens with one attached hydrogen (secondary N) is 1. The predicted octanol–water partition coefficient (Wildman–Crippen LogP) is 2.97. The topological polar surface area (TPSA) is 94.4 Å². The largest absolute Gasteiger partial charge is 0.497 e. The fourth-order valence-corrected chi connectivity index (χ4v) is 3.78. The highest BCUT2D eigenvalue weighted by molar-refractivity contribution is 5.95. The van der Waals surface area contributed by atoms with Crippen molar-refractivity contribution in [2.24, 2.45) is 5.41 Å². The highest BCUT2D eigenvalue weighted by Gasteiger charge is 2.22. The summed E-state index contributed by atoms with van der Waals surface area (Å²) in [7, 11) is 7.26. The number of carbonyl (C=O) groups is 1. The van der Waals surface area contributed by atoms with Crippen LogP contribution in [0.15, 0.2) is 36.7 Å². The van der Waals surface area contributed by atoms with Gasteiger partial charge in [-0.05, 0) is 50.7 Å². The SMILES string of the molecule is COc1ccc(OC)c(-c2ccnc(-n3ncc(C(=O)NCC(C)(C)CN(C)C)c3C)n2)c1. The van der Waals surface area contributed by atoms with Gasteiger partial charge >= 0.3 is 0 Å². The van der Waals surface area contributed by atoms with Gasteiger partial charge in [0.15, 0.2) is 0 Å². The van der Waals surface area contributed by atoms with Crippen molar-refractivity contribution >= 4 is 5.91 Å². The van der Waals surface area contributed by atoms with Crippen molar-refractivity contribution in [3.05, 3.63) is 47.9 Å². The number of hydrogen-bond acceptors (Lipinski definition) is 7. The molecule has 0 spiro atoms. The summed E-state index contributed by atoms with van der Waals surface area (Å²) in [5.74, 6) is 1.55. The van der Waals surface area contributed by atoms with E-state index in [0.29, 0.717) is 40.9 Å². The molecule has 0 atom stereocenters. The minimum Gasteiger partial charge on any atom is -0.497 e. The third kappa shape index (κ3) is 5.67. The van der Waals surface area contributed by atoms with Gasteiger partial charge in [0.05, 0.1) is 37.4 Å². The quantitative estimate of drug-likeness (QED) is 0.533. The average molecular weight is 453 g/mol. The first-order chi connectivity index (χ1) is 15.6. The Balaban J connectivity index is 1.86. The standard InChI is InChI=1S/C24H32N6O3/c1-16-19(22(31)26-14-24(2,3)15-29(4)5)13-27-30(16)23-25-11-10-20(28-23)18-12-17(32-6)8-9-21(18)33-7/h8-13H,14-15H2,1-7H3,(H,26,31). The Bertz CT molecular complexity index is 1120. The average Bonchev–Trinajstić information content (AvgIpc) is 3.17. The Morgan fingerprint density at radius 1 is 1.18 bits per heavy atom. The van der Waals surface area contributed by atoms with E-state index < -0.39 is 0 Å². The van der Waals surface area contributed by atoms with Gasteiger partial charge in [-0.1, -0.05) is 13.8 Å². The van der Waals surface area contributed by atoms with Crippen LogP contribution in [-0.2, 0) is 0 Å². The maximum absolute atomic E-state index is 12.8. The lowest BCUT2D eigenvalue weighted by molar-refractivity contribution is 0.0928. The van der Waals surface area contributed by atoms with Gasteiger partial charge in [-0.2, -0.15) is 5.10 Å². The number of nitrogens with zero attached hydrogens (tertiary/aromatic N) is 5. The van der Waals surface area contributed by atoms with Crippen LogP contribution in [0.25, 0.3) is 17.2 Å². The van der Waals surface area contributed by atoms with Crippen molar-refractivity contribution in [3.8, 4) is 28.7 Å². The van der Waals surface area contributed by atoms with E-state index in [1.807, 2.05) is 39.2 Å². The van der Waals surface area contributed by atoms with Gasteiger partial charge in [0.1, 0.15) is 11.5 Å². The molecule has 1 aromatic carbocycles. The molecule has 0 bridgehead atoms. The third-order valence-electron chi connectivity index (χ3n) is 5.24. The fourth-order valence-electron chi connectivity index (χ4n) is 3.78. The third-order valence-corrected chi connectivity index (χ3v) is 5.24. The van der Waals surface area contributed by atoms with Gasteiger partial charge in [-0.15, -0.1) is 0 Å². The number of amides is 1. The molecule has 0 aliphatic rings. The van der Waals surface area contributed by atoms with Crippen LogP contribution in [0.4, 0.5) is 0 Å². The minimum absolute atomic E-state index is 0.0592. The lowest BCUT2D eigenvalue weighted by atomic mass is 9.93. The minimum atomic E-state index is -0.170. The Morgan fingerprint density at radius 2 is 1.94 bits per heavy atom. The summed E-state index contributed by atoms with van der Waals surface area (Å²) in [4.78, 5) is 24.0. The van der Waals surface area contributed by atoms with Crippen LogP contribution in [0.2, 0.25) is 0 Å². The van der Waals surface area contributed by atoms with Crippen LogP contribution in [0.3, 0.4) is 0 Å². The van der Waals surface area contributed by atoms with Crippen molar-refractivity contribution < 1.29 is 14.3 Å². The Labute approximate surface area is 194 Å². The number of ether oxygens (including phenoxy) is 2. The normalized spacial score (nSPS) is 11.5. The Hall–Kier alpha value is -3.46. The van der Waals surface area contributed by atoms with Gasteiger partial charge in [0, 0.05) is 24.8 Å². The van der Waals surface area contributed by atoms with E-state index in [0.717, 1.165) is 12.1 Å². The first-order valence-corrected chi connectivity index (χ1v) is 10.7. The van der Waals surface area contributed by atoms with Crippen molar-refractivity contribution in [2.75, 3.05) is 41.4 Å². The smallest absolute Gasteiger partial charge is 0.254 e. The van der Waals surface area contributed by atoms with Crippen molar-refractivity contribution in [3.63, 3.8) is 0 Å². The molecule has 3 aromatic rings. The zero-order valence-corrected chi connectivity index (χ0v) is 20.3. The maximum atomic E-state index is 12.8. The summed E-state index contributed by atoms with van der Waals surface area (Å²) in [6, 6.07) is 7.30. The van der Waals surface area contributed by atoms with Gasteiger partial charge in [-0.3, -0.25) is 4.79 Å². The van der Waals surface area contributed by atoms with Gasteiger partial charge in [0.2, 0.25) is 0 Å². The fraction of sp³-hybridized carbons (Fsp3) is 0.417. The first-order valence-electron chi connectivity index (χ1n) is 10.7. The number of carbonyl (C=O) groups excluding carboxylic acids is 1. The number of hydrogen-bond donors (Lipinski definition) is 1. The van der Waals surface area contributed by atoms with Crippen molar-refractivity contribution in [1.29, 1.82) is 0 Å². The highest BCUT2D eigenvalue weighted by atomic mass is 16.5. The van der Waals surface area contributed by atoms with Gasteiger partial charge < -0.3 is 19.7 Å². The van der Waals surface area contributed by atoms with Crippen LogP contribution in [-0.4, -0.2) is 72.0 Å². The summed E-state index contributed by atoms with van der Waals surface area (Å²) in [5, 5.41) is 7.40. The molecule has 33 heavy (non-hydrogen) atoms.